The Hall–Kier alpha value is -0.340. The van der Waals surface area contributed by atoms with Gasteiger partial charge in [0, 0.05) is 21.1 Å². The molecule has 0 aromatic heterocycles. The summed E-state index contributed by atoms with van der Waals surface area (Å²) in [6.45, 7) is 0. The largest absolute Gasteiger partial charge is 0.354 e. The van der Waals surface area contributed by atoms with Gasteiger partial charge in [-0.05, 0) is 12.2 Å². The summed E-state index contributed by atoms with van der Waals surface area (Å²) in [5.41, 5.74) is 0. The number of hydrogen-bond donors (Lipinski definition) is 0. The summed E-state index contributed by atoms with van der Waals surface area (Å²) >= 11 is 6.12. The van der Waals surface area contributed by atoms with E-state index in [0.717, 1.165) is 4.31 Å². The van der Waals surface area contributed by atoms with E-state index in [0.29, 0.717) is 10.3 Å². The van der Waals surface area contributed by atoms with Gasteiger partial charge in [0.05, 0.1) is 0 Å². The molecular formula is C6H11N3O2S3. The predicted octanol–water partition coefficient (Wildman–Crippen LogP) is 0.155. The van der Waals surface area contributed by atoms with E-state index < -0.39 is 10.0 Å². The maximum Gasteiger partial charge on any atom is 0.246 e. The number of nitrogens with zero attached hydrogens (tertiary/aromatic N) is 3. The Morgan fingerprint density at radius 1 is 1.64 bits per heavy atom. The summed E-state index contributed by atoms with van der Waals surface area (Å²) in [7, 11) is 1.85. The molecule has 0 unspecified atom stereocenters. The Labute approximate surface area is 93.2 Å². The molecule has 0 spiro atoms. The molecule has 0 bridgehead atoms. The minimum absolute atomic E-state index is 0.0401. The number of sulfonamides is 1. The van der Waals surface area contributed by atoms with Crippen LogP contribution in [0.4, 0.5) is 0 Å². The summed E-state index contributed by atoms with van der Waals surface area (Å²) in [6, 6.07) is 0. The summed E-state index contributed by atoms with van der Waals surface area (Å²) in [4.78, 5) is 5.69. The molecule has 1 fully saturated rings. The fraction of sp³-hybridized carbons (Fsp3) is 0.667. The van der Waals surface area contributed by atoms with Gasteiger partial charge < -0.3 is 4.90 Å². The zero-order valence-corrected chi connectivity index (χ0v) is 10.5. The Morgan fingerprint density at radius 3 is 2.57 bits per heavy atom. The van der Waals surface area contributed by atoms with E-state index in [9.17, 15) is 8.42 Å². The highest BCUT2D eigenvalue weighted by atomic mass is 32.3. The van der Waals surface area contributed by atoms with Crippen LogP contribution < -0.4 is 0 Å². The highest BCUT2D eigenvalue weighted by Crippen LogP contribution is 2.23. The molecule has 0 saturated carbocycles. The lowest BCUT2D eigenvalue weighted by molar-refractivity contribution is 0.562. The third kappa shape index (κ3) is 2.37. The first-order chi connectivity index (χ1) is 6.34. The third-order valence-electron chi connectivity index (χ3n) is 1.60. The summed E-state index contributed by atoms with van der Waals surface area (Å²) in [6.07, 6.45) is 0. The van der Waals surface area contributed by atoms with Crippen molar-refractivity contribution in [3.8, 4) is 0 Å². The van der Waals surface area contributed by atoms with Crippen molar-refractivity contribution in [1.82, 2.24) is 9.21 Å². The van der Waals surface area contributed by atoms with Crippen LogP contribution in [0.2, 0.25) is 0 Å². The second kappa shape index (κ2) is 4.03. The van der Waals surface area contributed by atoms with Gasteiger partial charge >= 0.3 is 0 Å². The molecule has 1 rings (SSSR count). The molecule has 0 N–H and O–H groups in total. The van der Waals surface area contributed by atoms with Gasteiger partial charge in [-0.25, -0.2) is 8.42 Å². The molecule has 1 aliphatic heterocycles. The number of thioether (sulfide) groups is 1. The molecule has 14 heavy (non-hydrogen) atoms. The smallest absolute Gasteiger partial charge is 0.246 e. The average Bonchev–Trinajstić information content (AvgIpc) is 2.32. The van der Waals surface area contributed by atoms with Gasteiger partial charge in [-0.1, -0.05) is 11.8 Å². The monoisotopic (exact) mass is 253 g/mol. The summed E-state index contributed by atoms with van der Waals surface area (Å²) in [5.74, 6) is 0. The molecule has 5 nitrogen and oxygen atoms in total. The van der Waals surface area contributed by atoms with Crippen LogP contribution in [0.25, 0.3) is 0 Å². The van der Waals surface area contributed by atoms with Crippen LogP contribution in [0, 0.1) is 0 Å². The van der Waals surface area contributed by atoms with Gasteiger partial charge in [0.2, 0.25) is 10.0 Å². The van der Waals surface area contributed by atoms with E-state index in [1.807, 2.05) is 0 Å². The Kier molecular flexibility index (Phi) is 3.38. The van der Waals surface area contributed by atoms with Crippen molar-refractivity contribution in [3.05, 3.63) is 0 Å². The Morgan fingerprint density at radius 2 is 2.21 bits per heavy atom. The summed E-state index contributed by atoms with van der Waals surface area (Å²) < 4.78 is 23.7. The molecule has 0 aliphatic carbocycles. The van der Waals surface area contributed by atoms with Crippen LogP contribution in [-0.2, 0) is 10.0 Å². The van der Waals surface area contributed by atoms with Crippen molar-refractivity contribution in [2.45, 2.75) is 0 Å². The van der Waals surface area contributed by atoms with Crippen LogP contribution in [0.1, 0.15) is 0 Å². The Balaban J connectivity index is 2.88. The van der Waals surface area contributed by atoms with Crippen LogP contribution in [0.5, 0.6) is 0 Å². The van der Waals surface area contributed by atoms with Crippen molar-refractivity contribution < 1.29 is 8.42 Å². The third-order valence-corrected chi connectivity index (χ3v) is 5.46. The first-order valence-electron chi connectivity index (χ1n) is 3.74. The van der Waals surface area contributed by atoms with E-state index in [-0.39, 0.29) is 5.08 Å². The number of rotatable bonds is 0. The average molecular weight is 253 g/mol. The molecular weight excluding hydrogens is 242 g/mol. The number of hydrogen-bond acceptors (Lipinski definition) is 4. The van der Waals surface area contributed by atoms with Gasteiger partial charge in [-0.15, -0.1) is 0 Å². The first-order valence-corrected chi connectivity index (χ1v) is 6.74. The molecule has 0 aromatic rings. The van der Waals surface area contributed by atoms with Gasteiger partial charge in [0.1, 0.15) is 5.08 Å². The molecule has 80 valence electrons. The van der Waals surface area contributed by atoms with E-state index in [1.54, 1.807) is 19.0 Å². The fourth-order valence-electron chi connectivity index (χ4n) is 0.701. The highest BCUT2D eigenvalue weighted by molar-refractivity contribution is 8.25. The summed E-state index contributed by atoms with van der Waals surface area (Å²) in [5, 5.41) is 0.846. The standard InChI is InChI=1S/C6H11N3O2S3/c1-8(2)5(12)7-6-9(3)14(10,11)4-13-6/h4H2,1-3H3. The van der Waals surface area contributed by atoms with Crippen molar-refractivity contribution in [2.24, 2.45) is 4.99 Å². The molecule has 0 atom stereocenters. The van der Waals surface area contributed by atoms with Crippen LogP contribution in [0.3, 0.4) is 0 Å². The van der Waals surface area contributed by atoms with Gasteiger partial charge in [0.15, 0.2) is 10.3 Å². The van der Waals surface area contributed by atoms with Crippen molar-refractivity contribution >= 4 is 44.3 Å². The van der Waals surface area contributed by atoms with Gasteiger partial charge in [-0.3, -0.25) is 4.31 Å². The topological polar surface area (TPSA) is 53.0 Å². The number of amidine groups is 1. The lowest BCUT2D eigenvalue weighted by Crippen LogP contribution is -2.27. The van der Waals surface area contributed by atoms with Crippen molar-refractivity contribution in [3.63, 3.8) is 0 Å². The molecule has 1 saturated heterocycles. The first kappa shape index (κ1) is 11.7. The number of aliphatic imine (C=N–C) groups is 1. The second-order valence-electron chi connectivity index (χ2n) is 2.91. The minimum Gasteiger partial charge on any atom is -0.354 e. The van der Waals surface area contributed by atoms with E-state index in [2.05, 4.69) is 4.99 Å². The predicted molar refractivity (Wildman–Crippen MR) is 62.9 cm³/mol. The van der Waals surface area contributed by atoms with Crippen LogP contribution in [-0.4, -0.2) is 54.1 Å². The highest BCUT2D eigenvalue weighted by Gasteiger charge is 2.31. The van der Waals surface area contributed by atoms with Gasteiger partial charge in [-0.2, -0.15) is 4.99 Å². The zero-order chi connectivity index (χ0) is 10.9. The maximum atomic E-state index is 11.3. The Bertz CT molecular complexity index is 374. The fourth-order valence-corrected chi connectivity index (χ4v) is 3.61. The molecule has 0 amide bonds. The van der Waals surface area contributed by atoms with E-state index >= 15 is 0 Å². The molecule has 8 heteroatoms. The normalized spacial score (nSPS) is 22.8. The lowest BCUT2D eigenvalue weighted by atomic mass is 10.9. The van der Waals surface area contributed by atoms with Crippen LogP contribution in [0.15, 0.2) is 4.99 Å². The molecule has 0 radical (unpaired) electrons. The van der Waals surface area contributed by atoms with Gasteiger partial charge in [0.25, 0.3) is 0 Å². The van der Waals surface area contributed by atoms with E-state index in [1.165, 1.54) is 18.8 Å². The lowest BCUT2D eigenvalue weighted by Gasteiger charge is -2.12. The molecule has 1 aliphatic rings. The second-order valence-corrected chi connectivity index (χ2v) is 6.59. The number of thiocarbonyl (C=S) groups is 1. The van der Waals surface area contributed by atoms with Crippen molar-refractivity contribution in [1.29, 1.82) is 0 Å². The molecule has 1 heterocycles. The quantitative estimate of drug-likeness (QED) is 0.575. The zero-order valence-electron chi connectivity index (χ0n) is 8.09. The van der Waals surface area contributed by atoms with E-state index in [4.69, 9.17) is 12.2 Å². The SMILES string of the molecule is CN(C)C(=S)N=C1SCS(=O)(=O)N1C. The molecule has 0 aromatic carbocycles. The maximum absolute atomic E-state index is 11.3. The minimum atomic E-state index is -3.16. The van der Waals surface area contributed by atoms with Crippen molar-refractivity contribution in [2.75, 3.05) is 26.2 Å². The van der Waals surface area contributed by atoms with Crippen LogP contribution >= 0.6 is 24.0 Å².